The molecule has 162 valence electrons. The van der Waals surface area contributed by atoms with Crippen molar-refractivity contribution in [1.82, 2.24) is 4.72 Å². The Bertz CT molecular complexity index is 1020. The molecule has 0 aliphatic rings. The average molecular weight is 453 g/mol. The van der Waals surface area contributed by atoms with Crippen molar-refractivity contribution in [2.75, 3.05) is 11.9 Å². The summed E-state index contributed by atoms with van der Waals surface area (Å²) in [6, 6.07) is 9.84. The molecule has 30 heavy (non-hydrogen) atoms. The van der Waals surface area contributed by atoms with Gasteiger partial charge in [0.05, 0.1) is 4.90 Å². The number of nitrogens with one attached hydrogen (secondary N) is 2. The monoisotopic (exact) mass is 452 g/mol. The highest BCUT2D eigenvalue weighted by molar-refractivity contribution is 7.89. The van der Waals surface area contributed by atoms with Gasteiger partial charge in [0.25, 0.3) is 5.91 Å². The number of halogens is 1. The summed E-state index contributed by atoms with van der Waals surface area (Å²) in [5, 5.41) is 3.04. The number of rotatable bonds is 8. The van der Waals surface area contributed by atoms with Gasteiger partial charge in [-0.2, -0.15) is 4.72 Å². The van der Waals surface area contributed by atoms with Gasteiger partial charge >= 0.3 is 5.97 Å². The lowest BCUT2D eigenvalue weighted by Gasteiger charge is -2.20. The van der Waals surface area contributed by atoms with Crippen LogP contribution >= 0.6 is 11.6 Å². The summed E-state index contributed by atoms with van der Waals surface area (Å²) in [6.07, 6.45) is 0. The second kappa shape index (κ2) is 10.1. The SMILES string of the molecule is Cc1ccc(NC(=O)COC(=O)[C@H](NS(=O)(=O)c2ccc(Cl)cc2)C(C)C)cc1C. The van der Waals surface area contributed by atoms with Gasteiger partial charge in [0.15, 0.2) is 6.61 Å². The molecule has 0 spiro atoms. The van der Waals surface area contributed by atoms with Gasteiger partial charge < -0.3 is 10.1 Å². The Morgan fingerprint density at radius 1 is 1.03 bits per heavy atom. The van der Waals surface area contributed by atoms with Crippen molar-refractivity contribution in [3.8, 4) is 0 Å². The molecule has 0 heterocycles. The van der Waals surface area contributed by atoms with E-state index >= 15 is 0 Å². The first kappa shape index (κ1) is 23.9. The molecule has 0 saturated carbocycles. The standard InChI is InChI=1S/C21H25ClN2O5S/c1-13(2)20(24-30(27,28)18-9-6-16(22)7-10-18)21(26)29-12-19(25)23-17-8-5-14(3)15(4)11-17/h5-11,13,20,24H,12H2,1-4H3,(H,23,25)/t20-/m1/s1. The molecule has 0 bridgehead atoms. The minimum absolute atomic E-state index is 0.0298. The lowest BCUT2D eigenvalue weighted by atomic mass is 10.1. The van der Waals surface area contributed by atoms with Crippen LogP contribution in [0.5, 0.6) is 0 Å². The van der Waals surface area contributed by atoms with Crippen LogP contribution in [-0.4, -0.2) is 32.9 Å². The van der Waals surface area contributed by atoms with Gasteiger partial charge in [-0.15, -0.1) is 0 Å². The first-order chi connectivity index (χ1) is 14.0. The van der Waals surface area contributed by atoms with Crippen LogP contribution < -0.4 is 10.0 Å². The number of ether oxygens (including phenoxy) is 1. The van der Waals surface area contributed by atoms with E-state index in [2.05, 4.69) is 10.0 Å². The molecule has 0 fully saturated rings. The van der Waals surface area contributed by atoms with Crippen molar-refractivity contribution >= 4 is 39.2 Å². The van der Waals surface area contributed by atoms with Crippen LogP contribution in [0.15, 0.2) is 47.4 Å². The molecule has 2 rings (SSSR count). The number of aryl methyl sites for hydroxylation is 2. The molecule has 9 heteroatoms. The van der Waals surface area contributed by atoms with Crippen LogP contribution in [0.2, 0.25) is 5.02 Å². The number of carbonyl (C=O) groups excluding carboxylic acids is 2. The summed E-state index contributed by atoms with van der Waals surface area (Å²) in [7, 11) is -3.97. The number of esters is 1. The number of anilines is 1. The van der Waals surface area contributed by atoms with Crippen molar-refractivity contribution < 1.29 is 22.7 Å². The van der Waals surface area contributed by atoms with Gasteiger partial charge in [0, 0.05) is 10.7 Å². The third kappa shape index (κ3) is 6.55. The predicted octanol–water partition coefficient (Wildman–Crippen LogP) is 3.44. The van der Waals surface area contributed by atoms with Gasteiger partial charge in [0.1, 0.15) is 6.04 Å². The van der Waals surface area contributed by atoms with Crippen LogP contribution in [0.4, 0.5) is 5.69 Å². The summed E-state index contributed by atoms with van der Waals surface area (Å²) in [5.41, 5.74) is 2.69. The van der Waals surface area contributed by atoms with Crippen LogP contribution in [-0.2, 0) is 24.3 Å². The number of carbonyl (C=O) groups is 2. The lowest BCUT2D eigenvalue weighted by molar-refractivity contribution is -0.150. The summed E-state index contributed by atoms with van der Waals surface area (Å²) < 4.78 is 32.5. The van der Waals surface area contributed by atoms with Crippen molar-refractivity contribution in [3.63, 3.8) is 0 Å². The van der Waals surface area contributed by atoms with E-state index in [9.17, 15) is 18.0 Å². The van der Waals surface area contributed by atoms with E-state index in [0.29, 0.717) is 10.7 Å². The van der Waals surface area contributed by atoms with Crippen molar-refractivity contribution in [2.24, 2.45) is 5.92 Å². The zero-order valence-electron chi connectivity index (χ0n) is 17.2. The first-order valence-corrected chi connectivity index (χ1v) is 11.2. The van der Waals surface area contributed by atoms with E-state index in [1.807, 2.05) is 26.0 Å². The van der Waals surface area contributed by atoms with Crippen LogP contribution in [0.1, 0.15) is 25.0 Å². The minimum Gasteiger partial charge on any atom is -0.454 e. The fourth-order valence-electron chi connectivity index (χ4n) is 2.55. The number of amides is 1. The van der Waals surface area contributed by atoms with Crippen molar-refractivity contribution in [1.29, 1.82) is 0 Å². The number of hydrogen-bond donors (Lipinski definition) is 2. The van der Waals surface area contributed by atoms with Crippen molar-refractivity contribution in [2.45, 2.75) is 38.6 Å². The Morgan fingerprint density at radius 2 is 1.67 bits per heavy atom. The van der Waals surface area contributed by atoms with E-state index < -0.39 is 40.5 Å². The van der Waals surface area contributed by atoms with Gasteiger partial charge in [0.2, 0.25) is 10.0 Å². The fraction of sp³-hybridized carbons (Fsp3) is 0.333. The smallest absolute Gasteiger partial charge is 0.324 e. The maximum atomic E-state index is 12.6. The van der Waals surface area contributed by atoms with Crippen LogP contribution in [0, 0.1) is 19.8 Å². The topological polar surface area (TPSA) is 102 Å². The van der Waals surface area contributed by atoms with Crippen molar-refractivity contribution in [3.05, 3.63) is 58.6 Å². The third-order valence-electron chi connectivity index (χ3n) is 4.46. The molecule has 0 radical (unpaired) electrons. The summed E-state index contributed by atoms with van der Waals surface area (Å²) in [4.78, 5) is 24.5. The van der Waals surface area contributed by atoms with E-state index in [1.165, 1.54) is 24.3 Å². The predicted molar refractivity (Wildman–Crippen MR) is 116 cm³/mol. The molecule has 2 aromatic rings. The fourth-order valence-corrected chi connectivity index (χ4v) is 4.01. The molecule has 7 nitrogen and oxygen atoms in total. The lowest BCUT2D eigenvalue weighted by Crippen LogP contribution is -2.45. The summed E-state index contributed by atoms with van der Waals surface area (Å²) in [6.45, 7) is 6.69. The van der Waals surface area contributed by atoms with E-state index in [1.54, 1.807) is 19.9 Å². The number of sulfonamides is 1. The Morgan fingerprint density at radius 3 is 2.23 bits per heavy atom. The molecule has 0 unspecified atom stereocenters. The average Bonchev–Trinajstić information content (AvgIpc) is 2.67. The number of hydrogen-bond acceptors (Lipinski definition) is 5. The van der Waals surface area contributed by atoms with E-state index in [-0.39, 0.29) is 4.90 Å². The third-order valence-corrected chi connectivity index (χ3v) is 6.17. The largest absolute Gasteiger partial charge is 0.454 e. The molecular weight excluding hydrogens is 428 g/mol. The second-order valence-corrected chi connectivity index (χ2v) is 9.40. The molecule has 0 aliphatic carbocycles. The molecule has 0 aliphatic heterocycles. The highest BCUT2D eigenvalue weighted by Crippen LogP contribution is 2.17. The second-order valence-electron chi connectivity index (χ2n) is 7.25. The van der Waals surface area contributed by atoms with E-state index in [4.69, 9.17) is 16.3 Å². The van der Waals surface area contributed by atoms with Gasteiger partial charge in [-0.1, -0.05) is 31.5 Å². The zero-order chi connectivity index (χ0) is 22.5. The van der Waals surface area contributed by atoms with Crippen LogP contribution in [0.25, 0.3) is 0 Å². The highest BCUT2D eigenvalue weighted by Gasteiger charge is 2.30. The Kier molecular flexibility index (Phi) is 8.00. The number of benzene rings is 2. The molecule has 0 aromatic heterocycles. The Hall–Kier alpha value is -2.42. The maximum absolute atomic E-state index is 12.6. The Labute approximate surface area is 181 Å². The quantitative estimate of drug-likeness (QED) is 0.597. The Balaban J connectivity index is 2.00. The van der Waals surface area contributed by atoms with Gasteiger partial charge in [-0.25, -0.2) is 8.42 Å². The molecular formula is C21H25ClN2O5S. The van der Waals surface area contributed by atoms with Gasteiger partial charge in [-0.05, 0) is 67.3 Å². The summed E-state index contributed by atoms with van der Waals surface area (Å²) in [5.74, 6) is -1.75. The molecule has 1 amide bonds. The maximum Gasteiger partial charge on any atom is 0.324 e. The molecule has 1 atom stereocenters. The van der Waals surface area contributed by atoms with E-state index in [0.717, 1.165) is 11.1 Å². The van der Waals surface area contributed by atoms with Crippen LogP contribution in [0.3, 0.4) is 0 Å². The summed E-state index contributed by atoms with van der Waals surface area (Å²) >= 11 is 5.79. The minimum atomic E-state index is -3.97. The molecule has 0 saturated heterocycles. The zero-order valence-corrected chi connectivity index (χ0v) is 18.8. The van der Waals surface area contributed by atoms with Gasteiger partial charge in [-0.3, -0.25) is 9.59 Å². The highest BCUT2D eigenvalue weighted by atomic mass is 35.5. The first-order valence-electron chi connectivity index (χ1n) is 9.31. The molecule has 2 aromatic carbocycles. The normalized spacial score (nSPS) is 12.5. The molecule has 2 N–H and O–H groups in total.